The second-order valence-corrected chi connectivity index (χ2v) is 14.7. The third kappa shape index (κ3) is 8.16. The maximum atomic E-state index is 7.62. The Hall–Kier alpha value is -5.18. The molecule has 0 aliphatic rings. The van der Waals surface area contributed by atoms with Gasteiger partial charge in [0.1, 0.15) is 0 Å². The van der Waals surface area contributed by atoms with Gasteiger partial charge >= 0.3 is 26.2 Å². The minimum atomic E-state index is -0.125. The summed E-state index contributed by atoms with van der Waals surface area (Å²) in [5.74, 6) is 0. The van der Waals surface area contributed by atoms with Gasteiger partial charge in [0.25, 0.3) is 0 Å². The number of hydrogen-bond donors (Lipinski definition) is 2. The van der Waals surface area contributed by atoms with Crippen molar-refractivity contribution < 1.29 is 36.4 Å². The van der Waals surface area contributed by atoms with Gasteiger partial charge in [-0.05, 0) is 79.2 Å². The Labute approximate surface area is 354 Å². The first-order valence-electron chi connectivity index (χ1n) is 20.0. The molecule has 0 amide bonds. The van der Waals surface area contributed by atoms with Crippen LogP contribution in [0.1, 0.15) is 37.8 Å². The van der Waals surface area contributed by atoms with Crippen LogP contribution in [0.4, 0.5) is 0 Å². The van der Waals surface area contributed by atoms with E-state index in [-0.39, 0.29) is 39.4 Å². The summed E-state index contributed by atoms with van der Waals surface area (Å²) in [5.41, 5.74) is 8.30. The second-order valence-electron chi connectivity index (χ2n) is 14.7. The molecule has 0 aromatic heterocycles. The van der Waals surface area contributed by atoms with Gasteiger partial charge in [-0.15, -0.1) is 69.1 Å². The van der Waals surface area contributed by atoms with Crippen molar-refractivity contribution in [3.05, 3.63) is 181 Å². The first-order chi connectivity index (χ1) is 27.6. The molecule has 0 saturated heterocycles. The van der Waals surface area contributed by atoms with Gasteiger partial charge in [-0.1, -0.05) is 147 Å². The fourth-order valence-corrected chi connectivity index (χ4v) is 8.50. The molecule has 10 rings (SSSR count). The van der Waals surface area contributed by atoms with Crippen LogP contribution in [0.5, 0.6) is 0 Å². The van der Waals surface area contributed by atoms with E-state index < -0.39 is 0 Å². The third-order valence-corrected chi connectivity index (χ3v) is 10.9. The average molecular weight is 820 g/mol. The van der Waals surface area contributed by atoms with Gasteiger partial charge in [-0.2, -0.15) is 12.1 Å². The van der Waals surface area contributed by atoms with Gasteiger partial charge in [0, 0.05) is 0 Å². The van der Waals surface area contributed by atoms with E-state index in [1.807, 2.05) is 0 Å². The van der Waals surface area contributed by atoms with Crippen molar-refractivity contribution in [3.63, 3.8) is 0 Å². The molecule has 0 saturated carbocycles. The molecule has 2 N–H and O–H groups in total. The van der Waals surface area contributed by atoms with E-state index in [4.69, 9.17) is 10.2 Å². The zero-order valence-corrected chi connectivity index (χ0v) is 35.3. The van der Waals surface area contributed by atoms with E-state index in [2.05, 4.69) is 184 Å². The molecule has 57 heavy (non-hydrogen) atoms. The molecule has 280 valence electrons. The quantitative estimate of drug-likeness (QED) is 0.124. The van der Waals surface area contributed by atoms with Crippen molar-refractivity contribution in [2.24, 2.45) is 0 Å². The first-order valence-corrected chi connectivity index (χ1v) is 20.0. The van der Waals surface area contributed by atoms with E-state index in [9.17, 15) is 0 Å². The van der Waals surface area contributed by atoms with Crippen molar-refractivity contribution >= 4 is 64.6 Å². The number of hydrogen-bond acceptors (Lipinski definition) is 2. The van der Waals surface area contributed by atoms with Gasteiger partial charge in [0.15, 0.2) is 0 Å². The molecule has 2 nitrogen and oxygen atoms in total. The van der Waals surface area contributed by atoms with Crippen molar-refractivity contribution in [1.29, 1.82) is 0 Å². The Kier molecular flexibility index (Phi) is 12.9. The molecule has 0 spiro atoms. The number of aliphatic hydroxyl groups excluding tert-OH is 2. The summed E-state index contributed by atoms with van der Waals surface area (Å²) in [6.07, 6.45) is 4.65. The van der Waals surface area contributed by atoms with Crippen LogP contribution in [0, 0.1) is 0 Å². The molecule has 0 unspecified atom stereocenters. The summed E-state index contributed by atoms with van der Waals surface area (Å²) in [5, 5.41) is 31.2. The van der Waals surface area contributed by atoms with Crippen LogP contribution < -0.4 is 0 Å². The summed E-state index contributed by atoms with van der Waals surface area (Å²) in [6.45, 7) is 4.24. The van der Waals surface area contributed by atoms with Crippen LogP contribution in [0.25, 0.3) is 86.9 Å². The summed E-state index contributed by atoms with van der Waals surface area (Å²) in [7, 11) is 0. The number of benzene rings is 8. The topological polar surface area (TPSA) is 40.5 Å². The number of aliphatic hydroxyl groups is 2. The van der Waals surface area contributed by atoms with Crippen LogP contribution in [0.3, 0.4) is 0 Å². The van der Waals surface area contributed by atoms with Crippen LogP contribution in [-0.4, -0.2) is 23.4 Å². The molecule has 0 aliphatic carbocycles. The molecule has 0 atom stereocenters. The average Bonchev–Trinajstić information content (AvgIpc) is 3.86. The predicted molar refractivity (Wildman–Crippen MR) is 242 cm³/mol. The maximum absolute atomic E-state index is 7.62. The summed E-state index contributed by atoms with van der Waals surface area (Å²) in [4.78, 5) is 0. The Bertz CT molecular complexity index is 2620. The molecule has 0 heterocycles. The van der Waals surface area contributed by atoms with Crippen molar-refractivity contribution in [2.45, 2.75) is 39.5 Å². The Morgan fingerprint density at radius 1 is 0.386 bits per heavy atom. The van der Waals surface area contributed by atoms with Crippen LogP contribution in [0.15, 0.2) is 170 Å². The maximum Gasteiger partial charge on any atom is 2.00 e. The van der Waals surface area contributed by atoms with Gasteiger partial charge < -0.3 is 10.2 Å². The monoisotopic (exact) mass is 818 g/mol. The van der Waals surface area contributed by atoms with Gasteiger partial charge in [-0.25, -0.2) is 0 Å². The predicted octanol–water partition coefficient (Wildman–Crippen LogP) is 13.9. The SMILES string of the molecule is CCCc1cc2c(-c3c4ccccc4cc4ccccc34)cccc2[cH-]1.CCCc1cc2c(-c3c4ccccc4cc4ccccc34)cccc2[cH-]1.OCCO.[Zr+2]. The second kappa shape index (κ2) is 18.4. The van der Waals surface area contributed by atoms with Crippen molar-refractivity contribution in [3.8, 4) is 22.3 Å². The molecular formula is C54H48O2Zr. The molecule has 0 radical (unpaired) electrons. The molecule has 0 bridgehead atoms. The third-order valence-electron chi connectivity index (χ3n) is 10.9. The molecule has 0 fully saturated rings. The van der Waals surface area contributed by atoms with Gasteiger partial charge in [0.05, 0.1) is 13.2 Å². The normalized spacial score (nSPS) is 11.1. The molecule has 0 aliphatic heterocycles. The van der Waals surface area contributed by atoms with Crippen molar-refractivity contribution in [1.82, 2.24) is 0 Å². The summed E-state index contributed by atoms with van der Waals surface area (Å²) in [6, 6.07) is 62.6. The molecular weight excluding hydrogens is 772 g/mol. The van der Waals surface area contributed by atoms with Crippen molar-refractivity contribution in [2.75, 3.05) is 13.2 Å². The zero-order valence-electron chi connectivity index (χ0n) is 32.8. The molecule has 10 aromatic rings. The van der Waals surface area contributed by atoms with Gasteiger partial charge in [-0.3, -0.25) is 0 Å². The summed E-state index contributed by atoms with van der Waals surface area (Å²) < 4.78 is 0. The standard InChI is InChI=1S/2C26H21.C2H6O2.Zr/c2*1-2-8-18-15-19-11-7-14-24(25(19)16-18)26-22-12-5-3-9-20(22)17-21-10-4-6-13-23(21)26;3-1-2-4;/h2*3-7,9-17H,2,8H2,1H3;3-4H,1-2H2;/q2*-1;;+2. The van der Waals surface area contributed by atoms with Crippen LogP contribution in [0.2, 0.25) is 0 Å². The first kappa shape index (κ1) is 40.0. The number of fused-ring (bicyclic) bond motifs is 6. The van der Waals surface area contributed by atoms with E-state index in [1.54, 1.807) is 0 Å². The number of aryl methyl sites for hydroxylation is 2. The number of rotatable bonds is 7. The fraction of sp³-hybridized carbons (Fsp3) is 0.148. The Balaban J connectivity index is 0.000000157. The van der Waals surface area contributed by atoms with Crippen LogP contribution >= 0.6 is 0 Å². The summed E-state index contributed by atoms with van der Waals surface area (Å²) >= 11 is 0. The van der Waals surface area contributed by atoms with E-state index in [0.29, 0.717) is 0 Å². The largest absolute Gasteiger partial charge is 2.00 e. The fourth-order valence-electron chi connectivity index (χ4n) is 8.50. The van der Waals surface area contributed by atoms with Gasteiger partial charge in [0.2, 0.25) is 0 Å². The Morgan fingerprint density at radius 3 is 1.04 bits per heavy atom. The van der Waals surface area contributed by atoms with E-state index in [1.165, 1.54) is 111 Å². The molecule has 3 heteroatoms. The molecule has 10 aromatic carbocycles. The minimum Gasteiger partial charge on any atom is -0.394 e. The Morgan fingerprint density at radius 2 is 0.719 bits per heavy atom. The zero-order chi connectivity index (χ0) is 38.4. The smallest absolute Gasteiger partial charge is 0.394 e. The van der Waals surface area contributed by atoms with Crippen LogP contribution in [-0.2, 0) is 39.0 Å². The van der Waals surface area contributed by atoms with E-state index >= 15 is 0 Å². The van der Waals surface area contributed by atoms with E-state index in [0.717, 1.165) is 12.8 Å². The minimum absolute atomic E-state index is 0.